The molecule has 0 radical (unpaired) electrons. The van der Waals surface area contributed by atoms with Crippen LogP contribution < -0.4 is 5.32 Å². The Morgan fingerprint density at radius 1 is 0.881 bits per heavy atom. The van der Waals surface area contributed by atoms with Gasteiger partial charge in [-0.2, -0.15) is 0 Å². The summed E-state index contributed by atoms with van der Waals surface area (Å²) in [5.74, 6) is 3.25. The Balaban J connectivity index is 0.973. The number of alkyl halides is 1. The van der Waals surface area contributed by atoms with Crippen LogP contribution in [0.3, 0.4) is 0 Å². The van der Waals surface area contributed by atoms with Crippen LogP contribution in [0.5, 0.6) is 0 Å². The van der Waals surface area contributed by atoms with Crippen molar-refractivity contribution < 1.29 is 17.5 Å². The molecule has 7 aliphatic rings. The molecule has 6 aliphatic carbocycles. The van der Waals surface area contributed by atoms with Crippen LogP contribution >= 0.6 is 0 Å². The summed E-state index contributed by atoms with van der Waals surface area (Å²) in [5, 5.41) is 4.12. The van der Waals surface area contributed by atoms with E-state index in [0.717, 1.165) is 70.3 Å². The zero-order valence-electron chi connectivity index (χ0n) is 38.0. The molecule has 1 N–H and O–H groups in total. The average Bonchev–Trinajstić information content (AvgIpc) is 3.59. The summed E-state index contributed by atoms with van der Waals surface area (Å²) in [6, 6.07) is 10.3. The van der Waals surface area contributed by atoms with Gasteiger partial charge in [0.1, 0.15) is 9.84 Å². The molecule has 0 bridgehead atoms. The molecular weight excluding hydrogens is 752 g/mol. The lowest BCUT2D eigenvalue weighted by Gasteiger charge is -2.72. The topological polar surface area (TPSA) is 58.6 Å². The number of fused-ring (bicyclic) bond motifs is 7. The molecule has 0 aromatic heterocycles. The van der Waals surface area contributed by atoms with Gasteiger partial charge in [-0.15, -0.1) is 0 Å². The number of rotatable bonds is 12. The summed E-state index contributed by atoms with van der Waals surface area (Å²) in [7, 11) is -2.95. The molecule has 0 spiro atoms. The number of sulfone groups is 1. The highest BCUT2D eigenvalue weighted by molar-refractivity contribution is 7.91. The quantitative estimate of drug-likeness (QED) is 0.213. The van der Waals surface area contributed by atoms with Crippen molar-refractivity contribution in [3.05, 3.63) is 71.3 Å². The monoisotopic (exact) mass is 831 g/mol. The zero-order valence-corrected chi connectivity index (χ0v) is 38.8. The van der Waals surface area contributed by atoms with E-state index in [2.05, 4.69) is 82.6 Å². The normalized spacial score (nSPS) is 41.2. The minimum Gasteiger partial charge on any atom is -0.376 e. The maximum atomic E-state index is 14.8. The number of allylic oxidation sites excluding steroid dienone is 5. The molecule has 0 amide bonds. The number of nitrogens with zero attached hydrogens (tertiary/aromatic N) is 1. The maximum absolute atomic E-state index is 14.8. The third kappa shape index (κ3) is 7.52. The number of hydrogen-bond acceptors (Lipinski definition) is 5. The van der Waals surface area contributed by atoms with Crippen molar-refractivity contribution in [1.82, 2.24) is 10.2 Å². The first-order chi connectivity index (χ1) is 27.9. The highest BCUT2D eigenvalue weighted by Crippen LogP contribution is 2.76. The minimum atomic E-state index is -2.95. The molecule has 10 atom stereocenters. The van der Waals surface area contributed by atoms with E-state index in [1.54, 1.807) is 5.57 Å². The lowest BCUT2D eigenvalue weighted by atomic mass is 9.33. The molecule has 1 aromatic carbocycles. The van der Waals surface area contributed by atoms with Gasteiger partial charge in [0.15, 0.2) is 0 Å². The van der Waals surface area contributed by atoms with Crippen LogP contribution in [0.1, 0.15) is 137 Å². The van der Waals surface area contributed by atoms with E-state index in [0.29, 0.717) is 53.6 Å². The molecule has 1 heterocycles. The summed E-state index contributed by atoms with van der Waals surface area (Å²) in [6.45, 7) is 24.7. The summed E-state index contributed by atoms with van der Waals surface area (Å²) < 4.78 is 45.3. The van der Waals surface area contributed by atoms with Gasteiger partial charge in [-0.25, -0.2) is 8.42 Å². The van der Waals surface area contributed by atoms with Crippen molar-refractivity contribution in [2.24, 2.45) is 56.7 Å². The van der Waals surface area contributed by atoms with Crippen LogP contribution in [-0.4, -0.2) is 69.8 Å². The molecule has 5 nitrogen and oxygen atoms in total. The van der Waals surface area contributed by atoms with Crippen LogP contribution in [0.25, 0.3) is 0 Å². The Morgan fingerprint density at radius 3 is 2.29 bits per heavy atom. The zero-order chi connectivity index (χ0) is 42.1. The van der Waals surface area contributed by atoms with Gasteiger partial charge in [0.05, 0.1) is 25.1 Å². The first-order valence-corrected chi connectivity index (χ1v) is 25.8. The highest BCUT2D eigenvalue weighted by Gasteiger charge is 2.70. The SMILES string of the molecule is C=C(C)C1CCC2(NCCN3CCC(S(C)(=O)=O)CC3)CCC3(C)C(CCC4C5(C)CC=C(C6=CCC(CF)(COCc7ccccc7)CC6)C(C)(C)C5CCC43C)C12. The Labute approximate surface area is 358 Å². The van der Waals surface area contributed by atoms with Crippen molar-refractivity contribution in [2.45, 2.75) is 149 Å². The third-order valence-electron chi connectivity index (χ3n) is 19.5. The summed E-state index contributed by atoms with van der Waals surface area (Å²) in [5.41, 5.74) is 6.28. The molecule has 7 heteroatoms. The number of benzene rings is 1. The first kappa shape index (κ1) is 43.8. The van der Waals surface area contributed by atoms with E-state index in [1.165, 1.54) is 68.8 Å². The molecule has 1 saturated heterocycles. The Morgan fingerprint density at radius 2 is 1.63 bits per heavy atom. The fraction of sp³-hybridized carbons (Fsp3) is 0.769. The average molecular weight is 831 g/mol. The van der Waals surface area contributed by atoms with Crippen molar-refractivity contribution in [2.75, 3.05) is 45.7 Å². The van der Waals surface area contributed by atoms with Crippen LogP contribution in [0, 0.1) is 56.7 Å². The summed E-state index contributed by atoms with van der Waals surface area (Å²) in [4.78, 5) is 2.50. The largest absolute Gasteiger partial charge is 0.376 e. The Hall–Kier alpha value is -1.80. The fourth-order valence-corrected chi connectivity index (χ4v) is 17.1. The molecule has 1 aliphatic heterocycles. The highest BCUT2D eigenvalue weighted by atomic mass is 32.2. The van der Waals surface area contributed by atoms with E-state index in [-0.39, 0.29) is 28.3 Å². The molecule has 10 unspecified atom stereocenters. The summed E-state index contributed by atoms with van der Waals surface area (Å²) >= 11 is 0. The minimum absolute atomic E-state index is 0.0830. The number of ether oxygens (including phenoxy) is 1. The molecular formula is C52H79FN2O3S. The first-order valence-electron chi connectivity index (χ1n) is 23.8. The van der Waals surface area contributed by atoms with Gasteiger partial charge < -0.3 is 15.0 Å². The third-order valence-corrected chi connectivity index (χ3v) is 21.2. The van der Waals surface area contributed by atoms with Crippen molar-refractivity contribution in [3.63, 3.8) is 0 Å². The predicted octanol–water partition coefficient (Wildman–Crippen LogP) is 11.3. The lowest BCUT2D eigenvalue weighted by molar-refractivity contribution is -0.221. The van der Waals surface area contributed by atoms with Crippen molar-refractivity contribution in [3.8, 4) is 0 Å². The number of likely N-dealkylation sites (tertiary alicyclic amines) is 1. The second kappa shape index (κ2) is 16.1. The van der Waals surface area contributed by atoms with E-state index in [4.69, 9.17) is 4.74 Å². The van der Waals surface area contributed by atoms with Crippen LogP contribution in [-0.2, 0) is 21.2 Å². The standard InChI is InChI=1S/C52H79FN2O3S/c1-37(2)41-18-27-52(54-30-33-55-31-21-40(22-32-55)59(8,56)57)29-28-49(6)43(46(41)52)14-15-45-48(5)23-19-42(47(3,4)44(48)20-24-50(45,49)7)39-16-25-51(35-53,26-17-39)36-58-34-38-12-10-9-11-13-38/h9-13,16,19,40-41,43-46,54H,1,14-15,17-18,20-36H2,2-8H3. The van der Waals surface area contributed by atoms with Crippen molar-refractivity contribution >= 4 is 9.84 Å². The fourth-order valence-electron chi connectivity index (χ4n) is 16.1. The Bertz CT molecular complexity index is 1880. The van der Waals surface area contributed by atoms with E-state index >= 15 is 0 Å². The predicted molar refractivity (Wildman–Crippen MR) is 241 cm³/mol. The molecule has 1 aromatic rings. The van der Waals surface area contributed by atoms with Gasteiger partial charge in [0.25, 0.3) is 0 Å². The van der Waals surface area contributed by atoms with Gasteiger partial charge >= 0.3 is 0 Å². The van der Waals surface area contributed by atoms with Gasteiger partial charge in [-0.1, -0.05) is 89.3 Å². The van der Waals surface area contributed by atoms with E-state index < -0.39 is 15.3 Å². The van der Waals surface area contributed by atoms with E-state index in [9.17, 15) is 12.8 Å². The van der Waals surface area contributed by atoms with Crippen LogP contribution in [0.15, 0.2) is 65.8 Å². The van der Waals surface area contributed by atoms with Gasteiger partial charge in [-0.3, -0.25) is 4.39 Å². The molecule has 8 rings (SSSR count). The Kier molecular flexibility index (Phi) is 11.9. The molecule has 4 saturated carbocycles. The lowest BCUT2D eigenvalue weighted by Crippen LogP contribution is -2.68. The van der Waals surface area contributed by atoms with Gasteiger partial charge in [-0.05, 0) is 178 Å². The van der Waals surface area contributed by atoms with Crippen LogP contribution in [0.4, 0.5) is 4.39 Å². The maximum Gasteiger partial charge on any atom is 0.150 e. The van der Waals surface area contributed by atoms with Gasteiger partial charge in [0.2, 0.25) is 0 Å². The molecule has 328 valence electrons. The number of halogens is 1. The molecule has 59 heavy (non-hydrogen) atoms. The number of hydrogen-bond donors (Lipinski definition) is 1. The number of piperidine rings is 1. The summed E-state index contributed by atoms with van der Waals surface area (Å²) in [6.07, 6.45) is 22.1. The van der Waals surface area contributed by atoms with Crippen LogP contribution in [0.2, 0.25) is 0 Å². The molecule has 5 fully saturated rings. The van der Waals surface area contributed by atoms with Gasteiger partial charge in [0, 0.05) is 30.3 Å². The second-order valence-electron chi connectivity index (χ2n) is 22.7. The smallest absolute Gasteiger partial charge is 0.150 e. The second-order valence-corrected chi connectivity index (χ2v) is 25.1. The number of nitrogens with one attached hydrogen (secondary N) is 1. The van der Waals surface area contributed by atoms with E-state index in [1.807, 2.05) is 18.2 Å². The van der Waals surface area contributed by atoms with Crippen molar-refractivity contribution in [1.29, 1.82) is 0 Å².